The van der Waals surface area contributed by atoms with Crippen molar-refractivity contribution in [3.63, 3.8) is 0 Å². The molecule has 1 aromatic carbocycles. The number of nitrogens with zero attached hydrogens (tertiary/aromatic N) is 4. The van der Waals surface area contributed by atoms with E-state index in [9.17, 15) is 25.0 Å². The Bertz CT molecular complexity index is 1010. The zero-order chi connectivity index (χ0) is 21.2. The molecule has 3 rings (SSSR count). The number of carbonyl (C=O) groups is 1. The standard InChI is InChI=1S/C21H18FN5O2/c1-2-29-20(28)27-8-7-15-16(9-23)19(26)21(11-24,12-25)18(17(15)10-27)13-3-5-14(22)6-4-13/h3-7,17-18H,2,8,10,26H2,1H3/t17-,18-/m0/s1. The first-order valence-electron chi connectivity index (χ1n) is 9.03. The van der Waals surface area contributed by atoms with Crippen molar-refractivity contribution >= 4 is 6.09 Å². The summed E-state index contributed by atoms with van der Waals surface area (Å²) >= 11 is 0. The van der Waals surface area contributed by atoms with Crippen LogP contribution in [0.25, 0.3) is 0 Å². The zero-order valence-electron chi connectivity index (χ0n) is 15.7. The Morgan fingerprint density at radius 2 is 1.97 bits per heavy atom. The predicted octanol–water partition coefficient (Wildman–Crippen LogP) is 2.71. The first kappa shape index (κ1) is 19.9. The van der Waals surface area contributed by atoms with Gasteiger partial charge in [-0.25, -0.2) is 9.18 Å². The highest BCUT2D eigenvalue weighted by molar-refractivity contribution is 5.69. The topological polar surface area (TPSA) is 127 Å². The van der Waals surface area contributed by atoms with E-state index >= 15 is 0 Å². The molecule has 2 aliphatic rings. The van der Waals surface area contributed by atoms with E-state index in [4.69, 9.17) is 10.5 Å². The van der Waals surface area contributed by atoms with Crippen LogP contribution >= 0.6 is 0 Å². The Labute approximate surface area is 167 Å². The van der Waals surface area contributed by atoms with Crippen LogP contribution in [-0.2, 0) is 4.74 Å². The molecule has 146 valence electrons. The average molecular weight is 391 g/mol. The van der Waals surface area contributed by atoms with Crippen molar-refractivity contribution in [1.82, 2.24) is 4.90 Å². The van der Waals surface area contributed by atoms with Crippen LogP contribution in [0.15, 0.2) is 47.2 Å². The van der Waals surface area contributed by atoms with Crippen LogP contribution in [0.1, 0.15) is 18.4 Å². The van der Waals surface area contributed by atoms with Gasteiger partial charge in [0.15, 0.2) is 5.41 Å². The van der Waals surface area contributed by atoms with Gasteiger partial charge in [0.05, 0.1) is 30.0 Å². The third kappa shape index (κ3) is 3.07. The number of hydrogen-bond donors (Lipinski definition) is 1. The molecule has 0 fully saturated rings. The molecule has 0 unspecified atom stereocenters. The highest BCUT2D eigenvalue weighted by atomic mass is 19.1. The molecule has 0 radical (unpaired) electrons. The molecule has 1 aromatic rings. The van der Waals surface area contributed by atoms with Gasteiger partial charge >= 0.3 is 6.09 Å². The van der Waals surface area contributed by atoms with Gasteiger partial charge in [-0.2, -0.15) is 15.8 Å². The Morgan fingerprint density at radius 3 is 2.52 bits per heavy atom. The van der Waals surface area contributed by atoms with Gasteiger partial charge in [-0.1, -0.05) is 18.2 Å². The normalized spacial score (nSPS) is 22.4. The SMILES string of the molecule is CCOC(=O)N1CC=C2C(C#N)=C(N)C(C#N)(C#N)[C@@H](c3ccc(F)cc3)[C@H]2C1. The van der Waals surface area contributed by atoms with Crippen LogP contribution in [0.2, 0.25) is 0 Å². The minimum atomic E-state index is -1.83. The maximum absolute atomic E-state index is 13.5. The first-order chi connectivity index (χ1) is 13.9. The van der Waals surface area contributed by atoms with Gasteiger partial charge in [-0.3, -0.25) is 0 Å². The third-order valence-electron chi connectivity index (χ3n) is 5.42. The van der Waals surface area contributed by atoms with Crippen molar-refractivity contribution in [3.05, 3.63) is 58.6 Å². The van der Waals surface area contributed by atoms with Crippen LogP contribution in [0.4, 0.5) is 9.18 Å². The molecule has 1 heterocycles. The van der Waals surface area contributed by atoms with Gasteiger partial charge in [0.2, 0.25) is 0 Å². The maximum atomic E-state index is 13.5. The quantitative estimate of drug-likeness (QED) is 0.826. The number of allylic oxidation sites excluding steroid dienone is 2. The minimum Gasteiger partial charge on any atom is -0.450 e. The van der Waals surface area contributed by atoms with Gasteiger partial charge in [0, 0.05) is 24.9 Å². The Kier molecular flexibility index (Phi) is 5.26. The molecular formula is C21H18FN5O2. The Morgan fingerprint density at radius 1 is 1.31 bits per heavy atom. The second-order valence-corrected chi connectivity index (χ2v) is 6.83. The number of amides is 1. The smallest absolute Gasteiger partial charge is 0.410 e. The molecule has 0 aromatic heterocycles. The summed E-state index contributed by atoms with van der Waals surface area (Å²) < 4.78 is 18.6. The van der Waals surface area contributed by atoms with Crippen LogP contribution in [0.5, 0.6) is 0 Å². The lowest BCUT2D eigenvalue weighted by Gasteiger charge is -2.45. The van der Waals surface area contributed by atoms with E-state index in [0.717, 1.165) is 0 Å². The van der Waals surface area contributed by atoms with Gasteiger partial charge in [-0.05, 0) is 30.2 Å². The number of nitrogens with two attached hydrogens (primary N) is 1. The van der Waals surface area contributed by atoms with Crippen LogP contribution in [0.3, 0.4) is 0 Å². The average Bonchev–Trinajstić information content (AvgIpc) is 2.74. The number of nitriles is 3. The highest BCUT2D eigenvalue weighted by Crippen LogP contribution is 2.54. The number of ether oxygens (including phenoxy) is 1. The lowest BCUT2D eigenvalue weighted by molar-refractivity contribution is 0.0999. The van der Waals surface area contributed by atoms with Crippen molar-refractivity contribution in [1.29, 1.82) is 15.8 Å². The molecule has 0 spiro atoms. The van der Waals surface area contributed by atoms with E-state index in [1.807, 2.05) is 18.2 Å². The third-order valence-corrected chi connectivity index (χ3v) is 5.42. The summed E-state index contributed by atoms with van der Waals surface area (Å²) in [7, 11) is 0. The second kappa shape index (κ2) is 7.66. The van der Waals surface area contributed by atoms with Gasteiger partial charge in [0.1, 0.15) is 11.9 Å². The Balaban J connectivity index is 2.23. The molecule has 2 N–H and O–H groups in total. The zero-order valence-corrected chi connectivity index (χ0v) is 15.7. The van der Waals surface area contributed by atoms with Gasteiger partial charge in [-0.15, -0.1) is 0 Å². The maximum Gasteiger partial charge on any atom is 0.410 e. The van der Waals surface area contributed by atoms with Crippen LogP contribution in [-0.4, -0.2) is 30.7 Å². The molecule has 8 heteroatoms. The molecule has 0 saturated carbocycles. The van der Waals surface area contributed by atoms with E-state index in [2.05, 4.69) is 0 Å². The molecule has 0 bridgehead atoms. The fourth-order valence-electron chi connectivity index (χ4n) is 4.09. The number of benzene rings is 1. The molecule has 1 aliphatic carbocycles. The van der Waals surface area contributed by atoms with Crippen molar-refractivity contribution in [3.8, 4) is 18.2 Å². The summed E-state index contributed by atoms with van der Waals surface area (Å²) in [6.45, 7) is 2.24. The van der Waals surface area contributed by atoms with E-state index in [1.54, 1.807) is 13.0 Å². The Hall–Kier alpha value is -3.83. The van der Waals surface area contributed by atoms with Crippen LogP contribution < -0.4 is 5.73 Å². The second-order valence-electron chi connectivity index (χ2n) is 6.83. The molecule has 1 aliphatic heterocycles. The molecular weight excluding hydrogens is 373 g/mol. The van der Waals surface area contributed by atoms with E-state index in [0.29, 0.717) is 11.1 Å². The molecule has 7 nitrogen and oxygen atoms in total. The van der Waals surface area contributed by atoms with Gasteiger partial charge < -0.3 is 15.4 Å². The fraction of sp³-hybridized carbons (Fsp3) is 0.333. The van der Waals surface area contributed by atoms with Crippen molar-refractivity contribution in [2.24, 2.45) is 17.1 Å². The number of hydrogen-bond acceptors (Lipinski definition) is 6. The lowest BCUT2D eigenvalue weighted by Crippen LogP contribution is -2.49. The molecule has 0 saturated heterocycles. The number of rotatable bonds is 2. The van der Waals surface area contributed by atoms with Crippen LogP contribution in [0, 0.1) is 51.1 Å². The largest absolute Gasteiger partial charge is 0.450 e. The van der Waals surface area contributed by atoms with Crippen molar-refractivity contribution < 1.29 is 13.9 Å². The fourth-order valence-corrected chi connectivity index (χ4v) is 4.09. The predicted molar refractivity (Wildman–Crippen MR) is 99.8 cm³/mol. The monoisotopic (exact) mass is 391 g/mol. The highest BCUT2D eigenvalue weighted by Gasteiger charge is 2.54. The van der Waals surface area contributed by atoms with E-state index in [-0.39, 0.29) is 31.0 Å². The lowest BCUT2D eigenvalue weighted by atomic mass is 9.58. The molecule has 2 atom stereocenters. The summed E-state index contributed by atoms with van der Waals surface area (Å²) in [5.74, 6) is -1.81. The summed E-state index contributed by atoms with van der Waals surface area (Å²) in [4.78, 5) is 13.7. The summed E-state index contributed by atoms with van der Waals surface area (Å²) in [6.07, 6.45) is 1.17. The molecule has 1 amide bonds. The number of fused-ring (bicyclic) bond motifs is 1. The first-order valence-corrected chi connectivity index (χ1v) is 9.03. The summed E-state index contributed by atoms with van der Waals surface area (Å²) in [5.41, 5.74) is 5.43. The van der Waals surface area contributed by atoms with E-state index < -0.39 is 29.2 Å². The summed E-state index contributed by atoms with van der Waals surface area (Å²) in [6, 6.07) is 11.5. The minimum absolute atomic E-state index is 0.0833. The summed E-state index contributed by atoms with van der Waals surface area (Å²) in [5, 5.41) is 29.6. The number of carbonyl (C=O) groups excluding carboxylic acids is 1. The number of halogens is 1. The van der Waals surface area contributed by atoms with Gasteiger partial charge in [0.25, 0.3) is 0 Å². The van der Waals surface area contributed by atoms with Crippen molar-refractivity contribution in [2.45, 2.75) is 12.8 Å². The van der Waals surface area contributed by atoms with E-state index in [1.165, 1.54) is 29.2 Å². The molecule has 29 heavy (non-hydrogen) atoms. The van der Waals surface area contributed by atoms with Crippen molar-refractivity contribution in [2.75, 3.05) is 19.7 Å².